The summed E-state index contributed by atoms with van der Waals surface area (Å²) in [7, 11) is 0. The van der Waals surface area contributed by atoms with Gasteiger partial charge in [0.05, 0.1) is 10.4 Å². The fourth-order valence-corrected chi connectivity index (χ4v) is 2.50. The molecule has 0 radical (unpaired) electrons. The second kappa shape index (κ2) is 4.18. The maximum Gasteiger partial charge on any atom is 0.235 e. The molecule has 1 aromatic carbocycles. The lowest BCUT2D eigenvalue weighted by Crippen LogP contribution is -2.16. The highest BCUT2D eigenvalue weighted by molar-refractivity contribution is 5.96. The first kappa shape index (κ1) is 10.8. The second-order valence-electron chi connectivity index (χ2n) is 4.31. The molecule has 1 aliphatic rings. The zero-order valence-electron chi connectivity index (χ0n) is 9.80. The van der Waals surface area contributed by atoms with E-state index in [1.165, 1.54) is 0 Å². The van der Waals surface area contributed by atoms with E-state index in [1.54, 1.807) is 6.08 Å². The summed E-state index contributed by atoms with van der Waals surface area (Å²) in [5.41, 5.74) is 2.03. The molecule has 0 aliphatic carbocycles. The van der Waals surface area contributed by atoms with E-state index in [1.807, 2.05) is 18.2 Å². The van der Waals surface area contributed by atoms with Gasteiger partial charge in [-0.2, -0.15) is 0 Å². The standard InChI is InChI=1S/C13H13N3O2/c17-16(18)9-6-11-10-4-1-2-5-12(10)15-8-3-7-14-13(11)15/h1-2,4-6,9,14H,3,7-8H2/b9-6+. The molecule has 0 bridgehead atoms. The van der Waals surface area contributed by atoms with Crippen LogP contribution in [0.4, 0.5) is 5.82 Å². The predicted molar refractivity (Wildman–Crippen MR) is 71.1 cm³/mol. The van der Waals surface area contributed by atoms with E-state index in [0.29, 0.717) is 0 Å². The summed E-state index contributed by atoms with van der Waals surface area (Å²) in [6, 6.07) is 8.00. The van der Waals surface area contributed by atoms with Crippen molar-refractivity contribution in [3.8, 4) is 0 Å². The van der Waals surface area contributed by atoms with Crippen LogP contribution in [0.5, 0.6) is 0 Å². The minimum absolute atomic E-state index is 0.429. The minimum atomic E-state index is -0.429. The number of nitrogens with one attached hydrogen (secondary N) is 1. The van der Waals surface area contributed by atoms with Crippen LogP contribution in [0.15, 0.2) is 30.5 Å². The highest BCUT2D eigenvalue weighted by Crippen LogP contribution is 2.33. The van der Waals surface area contributed by atoms with E-state index >= 15 is 0 Å². The quantitative estimate of drug-likeness (QED) is 0.651. The minimum Gasteiger partial charge on any atom is -0.371 e. The number of hydrogen-bond donors (Lipinski definition) is 1. The predicted octanol–water partition coefficient (Wildman–Crippen LogP) is 2.70. The Kier molecular flexibility index (Phi) is 2.51. The number of benzene rings is 1. The number of nitrogens with zero attached hydrogens (tertiary/aromatic N) is 2. The van der Waals surface area contributed by atoms with Crippen LogP contribution in [-0.4, -0.2) is 16.0 Å². The first-order chi connectivity index (χ1) is 8.77. The first-order valence-corrected chi connectivity index (χ1v) is 5.94. The zero-order chi connectivity index (χ0) is 12.5. The molecule has 0 unspecified atom stereocenters. The maximum atomic E-state index is 10.5. The maximum absolute atomic E-state index is 10.5. The molecule has 0 fully saturated rings. The molecule has 0 atom stereocenters. The average molecular weight is 243 g/mol. The van der Waals surface area contributed by atoms with Gasteiger partial charge in [0.1, 0.15) is 5.82 Å². The van der Waals surface area contributed by atoms with Crippen molar-refractivity contribution < 1.29 is 4.92 Å². The molecular formula is C13H13N3O2. The van der Waals surface area contributed by atoms with Gasteiger partial charge in [0.2, 0.25) is 6.20 Å². The molecule has 1 N–H and O–H groups in total. The van der Waals surface area contributed by atoms with Gasteiger partial charge in [0, 0.05) is 30.1 Å². The Hall–Kier alpha value is -2.30. The molecule has 0 saturated heterocycles. The summed E-state index contributed by atoms with van der Waals surface area (Å²) in [5.74, 6) is 0.987. The van der Waals surface area contributed by atoms with Gasteiger partial charge in [-0.05, 0) is 12.5 Å². The van der Waals surface area contributed by atoms with Crippen molar-refractivity contribution in [1.29, 1.82) is 0 Å². The van der Waals surface area contributed by atoms with Crippen molar-refractivity contribution >= 4 is 22.8 Å². The number of hydrogen-bond acceptors (Lipinski definition) is 3. The van der Waals surface area contributed by atoms with Crippen LogP contribution >= 0.6 is 0 Å². The fourth-order valence-electron chi connectivity index (χ4n) is 2.50. The zero-order valence-corrected chi connectivity index (χ0v) is 9.80. The highest BCUT2D eigenvalue weighted by atomic mass is 16.6. The smallest absolute Gasteiger partial charge is 0.235 e. The number of rotatable bonds is 2. The van der Waals surface area contributed by atoms with Gasteiger partial charge >= 0.3 is 0 Å². The Morgan fingerprint density at radius 3 is 3.06 bits per heavy atom. The summed E-state index contributed by atoms with van der Waals surface area (Å²) in [6.07, 6.45) is 3.65. The van der Waals surface area contributed by atoms with Crippen molar-refractivity contribution in [3.05, 3.63) is 46.1 Å². The van der Waals surface area contributed by atoms with Gasteiger partial charge in [-0.3, -0.25) is 10.1 Å². The van der Waals surface area contributed by atoms with Gasteiger partial charge in [0.15, 0.2) is 0 Å². The van der Waals surface area contributed by atoms with Crippen LogP contribution in [0.2, 0.25) is 0 Å². The Balaban J connectivity index is 2.25. The molecule has 0 saturated carbocycles. The number of fused-ring (bicyclic) bond motifs is 3. The Bertz CT molecular complexity index is 643. The third-order valence-electron chi connectivity index (χ3n) is 3.22. The Labute approximate surface area is 104 Å². The van der Waals surface area contributed by atoms with Crippen LogP contribution in [0.3, 0.4) is 0 Å². The van der Waals surface area contributed by atoms with Crippen molar-refractivity contribution in [1.82, 2.24) is 4.57 Å². The first-order valence-electron chi connectivity index (χ1n) is 5.94. The van der Waals surface area contributed by atoms with E-state index in [0.717, 1.165) is 48.0 Å². The molecule has 0 amide bonds. The van der Waals surface area contributed by atoms with Crippen molar-refractivity contribution in [3.63, 3.8) is 0 Å². The summed E-state index contributed by atoms with van der Waals surface area (Å²) in [6.45, 7) is 1.87. The van der Waals surface area contributed by atoms with Gasteiger partial charge in [-0.25, -0.2) is 0 Å². The number of anilines is 1. The van der Waals surface area contributed by atoms with E-state index in [2.05, 4.69) is 16.0 Å². The normalized spacial score (nSPS) is 14.7. The third-order valence-corrected chi connectivity index (χ3v) is 3.22. The molecule has 2 aromatic rings. The average Bonchev–Trinajstić information content (AvgIpc) is 2.71. The van der Waals surface area contributed by atoms with Crippen LogP contribution in [-0.2, 0) is 6.54 Å². The van der Waals surface area contributed by atoms with Crippen LogP contribution in [0.1, 0.15) is 12.0 Å². The topological polar surface area (TPSA) is 60.1 Å². The Morgan fingerprint density at radius 1 is 1.39 bits per heavy atom. The third kappa shape index (κ3) is 1.64. The van der Waals surface area contributed by atoms with E-state index in [9.17, 15) is 10.1 Å². The summed E-state index contributed by atoms with van der Waals surface area (Å²) in [4.78, 5) is 10.1. The molecule has 18 heavy (non-hydrogen) atoms. The van der Waals surface area contributed by atoms with Crippen LogP contribution in [0, 0.1) is 10.1 Å². The van der Waals surface area contributed by atoms with Crippen molar-refractivity contribution in [2.75, 3.05) is 11.9 Å². The molecule has 1 aliphatic heterocycles. The second-order valence-corrected chi connectivity index (χ2v) is 4.31. The van der Waals surface area contributed by atoms with Gasteiger partial charge < -0.3 is 9.88 Å². The number of para-hydroxylation sites is 1. The molecule has 1 aromatic heterocycles. The molecule has 3 rings (SSSR count). The molecule has 5 heteroatoms. The largest absolute Gasteiger partial charge is 0.371 e. The van der Waals surface area contributed by atoms with Gasteiger partial charge in [0.25, 0.3) is 0 Å². The van der Waals surface area contributed by atoms with Gasteiger partial charge in [-0.1, -0.05) is 18.2 Å². The van der Waals surface area contributed by atoms with Crippen molar-refractivity contribution in [2.45, 2.75) is 13.0 Å². The molecule has 0 spiro atoms. The van der Waals surface area contributed by atoms with Crippen molar-refractivity contribution in [2.24, 2.45) is 0 Å². The lowest BCUT2D eigenvalue weighted by atomic mass is 10.1. The summed E-state index contributed by atoms with van der Waals surface area (Å²) >= 11 is 0. The fraction of sp³-hybridized carbons (Fsp3) is 0.231. The molecule has 5 nitrogen and oxygen atoms in total. The van der Waals surface area contributed by atoms with Crippen LogP contribution < -0.4 is 5.32 Å². The van der Waals surface area contributed by atoms with E-state index < -0.39 is 4.92 Å². The SMILES string of the molecule is O=[N+]([O-])/C=C/c1c2n(c3ccccc13)CCCN2. The van der Waals surface area contributed by atoms with Crippen LogP contribution in [0.25, 0.3) is 17.0 Å². The summed E-state index contributed by atoms with van der Waals surface area (Å²) in [5, 5.41) is 14.9. The number of aryl methyl sites for hydroxylation is 1. The lowest BCUT2D eigenvalue weighted by molar-refractivity contribution is -0.400. The molecule has 2 heterocycles. The van der Waals surface area contributed by atoms with Gasteiger partial charge in [-0.15, -0.1) is 0 Å². The summed E-state index contributed by atoms with van der Waals surface area (Å²) < 4.78 is 2.19. The van der Waals surface area contributed by atoms with E-state index in [-0.39, 0.29) is 0 Å². The molecule has 92 valence electrons. The number of aromatic nitrogens is 1. The van der Waals surface area contributed by atoms with E-state index in [4.69, 9.17) is 0 Å². The lowest BCUT2D eigenvalue weighted by Gasteiger charge is -2.18. The number of nitro groups is 1. The highest BCUT2D eigenvalue weighted by Gasteiger charge is 2.17. The monoisotopic (exact) mass is 243 g/mol. The Morgan fingerprint density at radius 2 is 2.22 bits per heavy atom. The molecular weight excluding hydrogens is 230 g/mol.